The lowest BCUT2D eigenvalue weighted by Crippen LogP contribution is -2.02. The van der Waals surface area contributed by atoms with Crippen molar-refractivity contribution in [1.29, 1.82) is 0 Å². The minimum atomic E-state index is 0.531. The van der Waals surface area contributed by atoms with Crippen LogP contribution in [0.4, 0.5) is 0 Å². The van der Waals surface area contributed by atoms with Gasteiger partial charge in [0.25, 0.3) is 0 Å². The Morgan fingerprint density at radius 3 is 2.81 bits per heavy atom. The molecule has 2 rings (SSSR count). The average Bonchev–Trinajstić information content (AvgIpc) is 2.70. The molecule has 2 aromatic rings. The van der Waals surface area contributed by atoms with Crippen LogP contribution in [0.5, 0.6) is 0 Å². The third kappa shape index (κ3) is 2.30. The van der Waals surface area contributed by atoms with Gasteiger partial charge >= 0.3 is 0 Å². The third-order valence-corrected chi connectivity index (χ3v) is 2.77. The smallest absolute Gasteiger partial charge is 0.0677 e. The Morgan fingerprint density at radius 2 is 2.19 bits per heavy atom. The first-order valence-corrected chi connectivity index (χ1v) is 5.59. The summed E-state index contributed by atoms with van der Waals surface area (Å²) in [6.07, 6.45) is 5.87. The minimum Gasteiger partial charge on any atom is -0.268 e. The molecule has 0 saturated heterocycles. The molecule has 0 atom stereocenters. The molecule has 0 saturated carbocycles. The van der Waals surface area contributed by atoms with Gasteiger partial charge in [0.1, 0.15) is 0 Å². The van der Waals surface area contributed by atoms with E-state index in [9.17, 15) is 0 Å². The van der Waals surface area contributed by atoms with Crippen LogP contribution in [0.15, 0.2) is 30.7 Å². The van der Waals surface area contributed by atoms with Gasteiger partial charge in [0.2, 0.25) is 0 Å². The molecule has 2 aromatic heterocycles. The van der Waals surface area contributed by atoms with E-state index >= 15 is 0 Å². The predicted molar refractivity (Wildman–Crippen MR) is 64.4 cm³/mol. The Balaban J connectivity index is 2.18. The zero-order valence-electron chi connectivity index (χ0n) is 10.0. The SMILES string of the molecule is Cc1ncccc1Cn1cc(C(C)C)cn1. The normalized spacial score (nSPS) is 11.0. The van der Waals surface area contributed by atoms with E-state index < -0.39 is 0 Å². The number of nitrogens with zero attached hydrogens (tertiary/aromatic N) is 3. The number of pyridine rings is 1. The lowest BCUT2D eigenvalue weighted by molar-refractivity contribution is 0.679. The summed E-state index contributed by atoms with van der Waals surface area (Å²) in [7, 11) is 0. The van der Waals surface area contributed by atoms with Crippen LogP contribution >= 0.6 is 0 Å². The average molecular weight is 215 g/mol. The third-order valence-electron chi connectivity index (χ3n) is 2.77. The molecule has 0 unspecified atom stereocenters. The van der Waals surface area contributed by atoms with E-state index in [1.165, 1.54) is 11.1 Å². The summed E-state index contributed by atoms with van der Waals surface area (Å²) in [6.45, 7) is 7.18. The van der Waals surface area contributed by atoms with Gasteiger partial charge in [-0.2, -0.15) is 5.10 Å². The van der Waals surface area contributed by atoms with Gasteiger partial charge in [-0.1, -0.05) is 19.9 Å². The standard InChI is InChI=1S/C13H17N3/c1-10(2)13-7-15-16(9-13)8-12-5-4-6-14-11(12)3/h4-7,9-10H,8H2,1-3H3. The van der Waals surface area contributed by atoms with Crippen molar-refractivity contribution in [3.63, 3.8) is 0 Å². The van der Waals surface area contributed by atoms with Crippen molar-refractivity contribution in [2.75, 3.05) is 0 Å². The van der Waals surface area contributed by atoms with Gasteiger partial charge in [-0.3, -0.25) is 9.67 Å². The molecule has 0 fully saturated rings. The van der Waals surface area contributed by atoms with E-state index in [1.54, 1.807) is 0 Å². The van der Waals surface area contributed by atoms with E-state index in [1.807, 2.05) is 30.1 Å². The maximum atomic E-state index is 4.36. The Hall–Kier alpha value is -1.64. The van der Waals surface area contributed by atoms with Gasteiger partial charge in [0.15, 0.2) is 0 Å². The molecule has 0 aromatic carbocycles. The molecule has 0 bridgehead atoms. The van der Waals surface area contributed by atoms with Crippen molar-refractivity contribution in [1.82, 2.24) is 14.8 Å². The molecule has 3 nitrogen and oxygen atoms in total. The summed E-state index contributed by atoms with van der Waals surface area (Å²) in [5, 5.41) is 4.36. The second-order valence-corrected chi connectivity index (χ2v) is 4.37. The maximum Gasteiger partial charge on any atom is 0.0677 e. The van der Waals surface area contributed by atoms with Gasteiger partial charge in [0, 0.05) is 18.1 Å². The largest absolute Gasteiger partial charge is 0.268 e. The van der Waals surface area contributed by atoms with Crippen molar-refractivity contribution in [3.8, 4) is 0 Å². The maximum absolute atomic E-state index is 4.36. The van der Waals surface area contributed by atoms with Gasteiger partial charge in [-0.15, -0.1) is 0 Å². The van der Waals surface area contributed by atoms with Crippen molar-refractivity contribution in [2.24, 2.45) is 0 Å². The number of aryl methyl sites for hydroxylation is 1. The lowest BCUT2D eigenvalue weighted by atomic mass is 10.1. The highest BCUT2D eigenvalue weighted by atomic mass is 15.3. The first-order chi connectivity index (χ1) is 7.66. The highest BCUT2D eigenvalue weighted by Crippen LogP contribution is 2.13. The van der Waals surface area contributed by atoms with Crippen LogP contribution in [-0.4, -0.2) is 14.8 Å². The number of hydrogen-bond donors (Lipinski definition) is 0. The van der Waals surface area contributed by atoms with Crippen LogP contribution in [-0.2, 0) is 6.54 Å². The number of rotatable bonds is 3. The van der Waals surface area contributed by atoms with Gasteiger partial charge in [-0.25, -0.2) is 0 Å². The summed E-state index contributed by atoms with van der Waals surface area (Å²) in [5.74, 6) is 0.531. The van der Waals surface area contributed by atoms with Crippen LogP contribution in [0.2, 0.25) is 0 Å². The van der Waals surface area contributed by atoms with E-state index in [0.29, 0.717) is 5.92 Å². The summed E-state index contributed by atoms with van der Waals surface area (Å²) in [6, 6.07) is 4.06. The number of aromatic nitrogens is 3. The van der Waals surface area contributed by atoms with Crippen LogP contribution in [0.3, 0.4) is 0 Å². The van der Waals surface area contributed by atoms with Crippen molar-refractivity contribution in [3.05, 3.63) is 47.5 Å². The Morgan fingerprint density at radius 1 is 1.38 bits per heavy atom. The van der Waals surface area contributed by atoms with E-state index in [0.717, 1.165) is 12.2 Å². The molecule has 0 radical (unpaired) electrons. The zero-order valence-corrected chi connectivity index (χ0v) is 10.0. The first-order valence-electron chi connectivity index (χ1n) is 5.59. The van der Waals surface area contributed by atoms with Crippen LogP contribution < -0.4 is 0 Å². The van der Waals surface area contributed by atoms with Crippen molar-refractivity contribution < 1.29 is 0 Å². The fourth-order valence-electron chi connectivity index (χ4n) is 1.62. The van der Waals surface area contributed by atoms with Crippen LogP contribution in [0.25, 0.3) is 0 Å². The van der Waals surface area contributed by atoms with Crippen LogP contribution in [0.1, 0.15) is 36.6 Å². The second-order valence-electron chi connectivity index (χ2n) is 4.37. The predicted octanol–water partition coefficient (Wildman–Crippen LogP) is 2.76. The van der Waals surface area contributed by atoms with E-state index in [-0.39, 0.29) is 0 Å². The fraction of sp³-hybridized carbons (Fsp3) is 0.385. The summed E-state index contributed by atoms with van der Waals surface area (Å²) < 4.78 is 1.97. The minimum absolute atomic E-state index is 0.531. The van der Waals surface area contributed by atoms with E-state index in [4.69, 9.17) is 0 Å². The topological polar surface area (TPSA) is 30.7 Å². The summed E-state index contributed by atoms with van der Waals surface area (Å²) in [4.78, 5) is 4.28. The monoisotopic (exact) mass is 215 g/mol. The molecular weight excluding hydrogens is 198 g/mol. The molecule has 0 N–H and O–H groups in total. The molecule has 0 spiro atoms. The molecule has 16 heavy (non-hydrogen) atoms. The molecular formula is C13H17N3. The first kappa shape index (κ1) is 10.9. The molecule has 0 aliphatic carbocycles. The van der Waals surface area contributed by atoms with Crippen LogP contribution in [0, 0.1) is 6.92 Å². The Labute approximate surface area is 96.1 Å². The van der Waals surface area contributed by atoms with E-state index in [2.05, 4.69) is 36.2 Å². The zero-order chi connectivity index (χ0) is 11.5. The van der Waals surface area contributed by atoms with Gasteiger partial charge in [0.05, 0.1) is 12.7 Å². The molecule has 0 aliphatic heterocycles. The number of hydrogen-bond acceptors (Lipinski definition) is 2. The molecule has 3 heteroatoms. The lowest BCUT2D eigenvalue weighted by Gasteiger charge is -2.04. The Bertz CT molecular complexity index is 472. The molecule has 0 aliphatic rings. The molecule has 0 amide bonds. The van der Waals surface area contributed by atoms with Crippen molar-refractivity contribution in [2.45, 2.75) is 33.2 Å². The van der Waals surface area contributed by atoms with Crippen molar-refractivity contribution >= 4 is 0 Å². The highest BCUT2D eigenvalue weighted by Gasteiger charge is 2.04. The second kappa shape index (κ2) is 4.47. The summed E-state index contributed by atoms with van der Waals surface area (Å²) >= 11 is 0. The fourth-order valence-corrected chi connectivity index (χ4v) is 1.62. The Kier molecular flexibility index (Phi) is 3.04. The molecule has 2 heterocycles. The van der Waals surface area contributed by atoms with Gasteiger partial charge in [-0.05, 0) is 30.0 Å². The summed E-state index contributed by atoms with van der Waals surface area (Å²) in [5.41, 5.74) is 3.58. The van der Waals surface area contributed by atoms with Gasteiger partial charge < -0.3 is 0 Å². The molecule has 84 valence electrons. The highest BCUT2D eigenvalue weighted by molar-refractivity contribution is 5.19. The quantitative estimate of drug-likeness (QED) is 0.788.